The summed E-state index contributed by atoms with van der Waals surface area (Å²) in [6.07, 6.45) is 4.92. The molecule has 1 aliphatic carbocycles. The van der Waals surface area contributed by atoms with Crippen molar-refractivity contribution in [1.29, 1.82) is 0 Å². The van der Waals surface area contributed by atoms with Crippen LogP contribution in [0.15, 0.2) is 30.3 Å². The third kappa shape index (κ3) is 4.30. The van der Waals surface area contributed by atoms with Crippen LogP contribution in [0.2, 0.25) is 0 Å². The lowest BCUT2D eigenvalue weighted by molar-refractivity contribution is 0.0312. The van der Waals surface area contributed by atoms with Crippen molar-refractivity contribution in [3.8, 4) is 0 Å². The lowest BCUT2D eigenvalue weighted by atomic mass is 9.91. The first-order chi connectivity index (χ1) is 9.80. The Balaban J connectivity index is 1.96. The molecule has 0 bridgehead atoms. The highest BCUT2D eigenvalue weighted by Gasteiger charge is 2.31. The topological polar surface area (TPSA) is 41.5 Å². The summed E-state index contributed by atoms with van der Waals surface area (Å²) < 4.78 is 5.87. The van der Waals surface area contributed by atoms with Gasteiger partial charge in [-0.2, -0.15) is 0 Å². The minimum atomic E-state index is -0.471. The van der Waals surface area contributed by atoms with Crippen molar-refractivity contribution in [3.05, 3.63) is 35.9 Å². The van der Waals surface area contributed by atoms with Crippen LogP contribution in [0.1, 0.15) is 38.2 Å². The second-order valence-corrected chi connectivity index (χ2v) is 5.82. The Labute approximate surface area is 122 Å². The van der Waals surface area contributed by atoms with Gasteiger partial charge in [-0.05, 0) is 30.9 Å². The molecule has 0 saturated heterocycles. The van der Waals surface area contributed by atoms with Crippen molar-refractivity contribution in [3.63, 3.8) is 0 Å². The zero-order chi connectivity index (χ0) is 14.3. The molecule has 20 heavy (non-hydrogen) atoms. The molecule has 1 unspecified atom stereocenters. The average Bonchev–Trinajstić information content (AvgIpc) is 3.32. The van der Waals surface area contributed by atoms with Gasteiger partial charge in [0, 0.05) is 6.61 Å². The fourth-order valence-electron chi connectivity index (χ4n) is 2.45. The van der Waals surface area contributed by atoms with Crippen LogP contribution in [-0.2, 0) is 10.3 Å². The number of ether oxygens (including phenoxy) is 1. The Bertz CT molecular complexity index is 378. The van der Waals surface area contributed by atoms with Crippen molar-refractivity contribution in [2.24, 2.45) is 5.92 Å². The van der Waals surface area contributed by atoms with Gasteiger partial charge < -0.3 is 15.2 Å². The predicted octanol–water partition coefficient (Wildman–Crippen LogP) is 2.69. The van der Waals surface area contributed by atoms with Crippen LogP contribution in [-0.4, -0.2) is 31.5 Å². The van der Waals surface area contributed by atoms with Crippen LogP contribution in [0, 0.1) is 5.92 Å². The molecule has 0 amide bonds. The van der Waals surface area contributed by atoms with Crippen molar-refractivity contribution < 1.29 is 9.84 Å². The quantitative estimate of drug-likeness (QED) is 0.646. The molecule has 3 heteroatoms. The Morgan fingerprint density at radius 2 is 2.05 bits per heavy atom. The van der Waals surface area contributed by atoms with Crippen LogP contribution in [0.5, 0.6) is 0 Å². The molecule has 0 aromatic heterocycles. The van der Waals surface area contributed by atoms with Gasteiger partial charge in [-0.1, -0.05) is 50.1 Å². The average molecular weight is 277 g/mol. The zero-order valence-corrected chi connectivity index (χ0v) is 12.5. The van der Waals surface area contributed by atoms with Gasteiger partial charge in [-0.3, -0.25) is 0 Å². The molecule has 1 aliphatic rings. The minimum Gasteiger partial charge on any atom is -0.394 e. The van der Waals surface area contributed by atoms with Gasteiger partial charge in [0.25, 0.3) is 0 Å². The van der Waals surface area contributed by atoms with Crippen molar-refractivity contribution in [2.45, 2.75) is 38.1 Å². The monoisotopic (exact) mass is 277 g/mol. The normalized spacial score (nSPS) is 17.9. The van der Waals surface area contributed by atoms with Crippen LogP contribution >= 0.6 is 0 Å². The molecule has 1 aromatic rings. The molecule has 0 aliphatic heterocycles. The van der Waals surface area contributed by atoms with E-state index in [1.54, 1.807) is 0 Å². The molecule has 0 spiro atoms. The van der Waals surface area contributed by atoms with E-state index in [1.165, 1.54) is 12.8 Å². The van der Waals surface area contributed by atoms with Crippen molar-refractivity contribution in [1.82, 2.24) is 5.32 Å². The molecule has 1 aromatic carbocycles. The summed E-state index contributed by atoms with van der Waals surface area (Å²) in [5, 5.41) is 13.4. The first-order valence-corrected chi connectivity index (χ1v) is 7.80. The predicted molar refractivity (Wildman–Crippen MR) is 81.7 cm³/mol. The molecular weight excluding hydrogens is 250 g/mol. The largest absolute Gasteiger partial charge is 0.394 e. The first kappa shape index (κ1) is 15.5. The number of nitrogens with one attached hydrogen (secondary N) is 1. The fraction of sp³-hybridized carbons (Fsp3) is 0.647. The lowest BCUT2D eigenvalue weighted by Gasteiger charge is -2.33. The summed E-state index contributed by atoms with van der Waals surface area (Å²) in [5.41, 5.74) is 0.628. The van der Waals surface area contributed by atoms with Crippen LogP contribution < -0.4 is 5.32 Å². The third-order valence-electron chi connectivity index (χ3n) is 4.03. The van der Waals surface area contributed by atoms with Gasteiger partial charge in [0.15, 0.2) is 0 Å². The van der Waals surface area contributed by atoms with Gasteiger partial charge >= 0.3 is 0 Å². The highest BCUT2D eigenvalue weighted by atomic mass is 16.5. The molecule has 112 valence electrons. The number of hydrogen-bond donors (Lipinski definition) is 2. The maximum absolute atomic E-state index is 9.93. The molecule has 0 radical (unpaired) electrons. The van der Waals surface area contributed by atoms with Crippen LogP contribution in [0.4, 0.5) is 0 Å². The van der Waals surface area contributed by atoms with E-state index >= 15 is 0 Å². The minimum absolute atomic E-state index is 0.0560. The van der Waals surface area contributed by atoms with E-state index in [-0.39, 0.29) is 6.61 Å². The maximum Gasteiger partial charge on any atom is 0.0905 e. The molecule has 2 N–H and O–H groups in total. The van der Waals surface area contributed by atoms with E-state index in [1.807, 2.05) is 18.2 Å². The van der Waals surface area contributed by atoms with Crippen LogP contribution in [0.25, 0.3) is 0 Å². The highest BCUT2D eigenvalue weighted by molar-refractivity contribution is 5.25. The summed E-state index contributed by atoms with van der Waals surface area (Å²) in [4.78, 5) is 0. The van der Waals surface area contributed by atoms with E-state index in [4.69, 9.17) is 4.74 Å². The Kier molecular flexibility index (Phi) is 6.02. The number of hydrogen-bond acceptors (Lipinski definition) is 3. The van der Waals surface area contributed by atoms with E-state index in [2.05, 4.69) is 24.4 Å². The molecule has 1 fully saturated rings. The SMILES string of the molecule is CCCNC(CO)(COCCC1CC1)c1ccccc1. The maximum atomic E-state index is 9.93. The Hall–Kier alpha value is -0.900. The first-order valence-electron chi connectivity index (χ1n) is 7.80. The number of aliphatic hydroxyl groups excluding tert-OH is 1. The van der Waals surface area contributed by atoms with E-state index in [0.717, 1.165) is 37.5 Å². The summed E-state index contributed by atoms with van der Waals surface area (Å²) in [6.45, 7) is 4.39. The summed E-state index contributed by atoms with van der Waals surface area (Å²) in [5.74, 6) is 0.888. The fourth-order valence-corrected chi connectivity index (χ4v) is 2.45. The Morgan fingerprint density at radius 3 is 2.65 bits per heavy atom. The van der Waals surface area contributed by atoms with Gasteiger partial charge in [-0.15, -0.1) is 0 Å². The van der Waals surface area contributed by atoms with Crippen molar-refractivity contribution in [2.75, 3.05) is 26.4 Å². The second-order valence-electron chi connectivity index (χ2n) is 5.82. The summed E-state index contributed by atoms with van der Waals surface area (Å²) in [7, 11) is 0. The molecule has 2 rings (SSSR count). The zero-order valence-electron chi connectivity index (χ0n) is 12.5. The standard InChI is InChI=1S/C17H27NO2/c1-2-11-18-17(13-19,16-6-4-3-5-7-16)14-20-12-10-15-8-9-15/h3-7,15,18-19H,2,8-14H2,1H3. The smallest absolute Gasteiger partial charge is 0.0905 e. The molecule has 1 atom stereocenters. The van der Waals surface area contributed by atoms with Crippen molar-refractivity contribution >= 4 is 0 Å². The summed E-state index contributed by atoms with van der Waals surface area (Å²) >= 11 is 0. The van der Waals surface area contributed by atoms with Crippen LogP contribution in [0.3, 0.4) is 0 Å². The number of rotatable bonds is 10. The summed E-state index contributed by atoms with van der Waals surface area (Å²) in [6, 6.07) is 10.1. The second kappa shape index (κ2) is 7.77. The highest BCUT2D eigenvalue weighted by Crippen LogP contribution is 2.32. The van der Waals surface area contributed by atoms with E-state index < -0.39 is 5.54 Å². The van der Waals surface area contributed by atoms with Gasteiger partial charge in [-0.25, -0.2) is 0 Å². The molecular formula is C17H27NO2. The molecule has 1 saturated carbocycles. The number of benzene rings is 1. The number of aliphatic hydroxyl groups is 1. The Morgan fingerprint density at radius 1 is 1.30 bits per heavy atom. The van der Waals surface area contributed by atoms with Gasteiger partial charge in [0.05, 0.1) is 18.8 Å². The molecule has 3 nitrogen and oxygen atoms in total. The third-order valence-corrected chi connectivity index (χ3v) is 4.03. The van der Waals surface area contributed by atoms with E-state index in [0.29, 0.717) is 6.61 Å². The van der Waals surface area contributed by atoms with Gasteiger partial charge in [0.2, 0.25) is 0 Å². The molecule has 0 heterocycles. The lowest BCUT2D eigenvalue weighted by Crippen LogP contribution is -2.49. The van der Waals surface area contributed by atoms with Gasteiger partial charge in [0.1, 0.15) is 0 Å². The van der Waals surface area contributed by atoms with E-state index in [9.17, 15) is 5.11 Å².